The summed E-state index contributed by atoms with van der Waals surface area (Å²) in [6.07, 6.45) is 2.96. The van der Waals surface area contributed by atoms with Gasteiger partial charge in [0.15, 0.2) is 0 Å². The van der Waals surface area contributed by atoms with E-state index in [1.165, 1.54) is 5.56 Å². The van der Waals surface area contributed by atoms with E-state index in [9.17, 15) is 0 Å². The predicted molar refractivity (Wildman–Crippen MR) is 79.6 cm³/mol. The molecule has 0 bridgehead atoms. The lowest BCUT2D eigenvalue weighted by atomic mass is 10.0. The minimum atomic E-state index is 0.235. The van der Waals surface area contributed by atoms with Crippen molar-refractivity contribution in [2.75, 3.05) is 19.7 Å². The number of hydrogen-bond donors (Lipinski definition) is 2. The molecular weight excluding hydrogens is 283 g/mol. The Morgan fingerprint density at radius 2 is 2.05 bits per heavy atom. The molecule has 1 unspecified atom stereocenters. The lowest BCUT2D eigenvalue weighted by molar-refractivity contribution is 0.210. The standard InChI is InChI=1S/C14H20Cl2N2O/c15-12-5-4-10-11(14(12)16)9-18(13(10)8-17)6-2-1-3-7-19/h4-5,13,19H,1-3,6-9,17H2. The summed E-state index contributed by atoms with van der Waals surface area (Å²) in [6, 6.07) is 4.12. The van der Waals surface area contributed by atoms with Crippen molar-refractivity contribution in [2.24, 2.45) is 5.73 Å². The maximum Gasteiger partial charge on any atom is 0.0640 e. The van der Waals surface area contributed by atoms with E-state index in [2.05, 4.69) is 4.90 Å². The van der Waals surface area contributed by atoms with Gasteiger partial charge < -0.3 is 10.8 Å². The highest BCUT2D eigenvalue weighted by Crippen LogP contribution is 2.40. The number of aliphatic hydroxyl groups excluding tert-OH is 1. The molecule has 0 amide bonds. The zero-order valence-electron chi connectivity index (χ0n) is 10.9. The molecule has 3 nitrogen and oxygen atoms in total. The normalized spacial score (nSPS) is 18.8. The Labute approximate surface area is 124 Å². The lowest BCUT2D eigenvalue weighted by Crippen LogP contribution is -2.28. The molecule has 0 aromatic heterocycles. The molecule has 0 radical (unpaired) electrons. The lowest BCUT2D eigenvalue weighted by Gasteiger charge is -2.23. The quantitative estimate of drug-likeness (QED) is 0.794. The molecule has 1 aliphatic heterocycles. The largest absolute Gasteiger partial charge is 0.396 e. The van der Waals surface area contributed by atoms with Crippen LogP contribution >= 0.6 is 23.2 Å². The van der Waals surface area contributed by atoms with Gasteiger partial charge in [0.05, 0.1) is 10.0 Å². The monoisotopic (exact) mass is 302 g/mol. The van der Waals surface area contributed by atoms with Gasteiger partial charge in [-0.2, -0.15) is 0 Å². The number of hydrogen-bond acceptors (Lipinski definition) is 3. The van der Waals surface area contributed by atoms with Crippen LogP contribution in [-0.4, -0.2) is 29.7 Å². The molecule has 5 heteroatoms. The van der Waals surface area contributed by atoms with E-state index in [0.29, 0.717) is 16.6 Å². The highest BCUT2D eigenvalue weighted by molar-refractivity contribution is 6.42. The maximum absolute atomic E-state index is 8.80. The molecule has 1 aliphatic rings. The Balaban J connectivity index is 2.07. The van der Waals surface area contributed by atoms with Crippen LogP contribution in [0, 0.1) is 0 Å². The van der Waals surface area contributed by atoms with E-state index >= 15 is 0 Å². The first-order chi connectivity index (χ1) is 9.19. The van der Waals surface area contributed by atoms with E-state index in [-0.39, 0.29) is 12.6 Å². The number of fused-ring (bicyclic) bond motifs is 1. The summed E-state index contributed by atoms with van der Waals surface area (Å²) in [5.41, 5.74) is 8.22. The van der Waals surface area contributed by atoms with Crippen molar-refractivity contribution >= 4 is 23.2 Å². The molecule has 1 heterocycles. The highest BCUT2D eigenvalue weighted by Gasteiger charge is 2.30. The van der Waals surface area contributed by atoms with E-state index in [1.54, 1.807) is 0 Å². The zero-order valence-corrected chi connectivity index (χ0v) is 12.4. The number of nitrogens with zero attached hydrogens (tertiary/aromatic N) is 1. The topological polar surface area (TPSA) is 49.5 Å². The number of aliphatic hydroxyl groups is 1. The zero-order chi connectivity index (χ0) is 13.8. The van der Waals surface area contributed by atoms with Gasteiger partial charge in [-0.05, 0) is 43.0 Å². The van der Waals surface area contributed by atoms with Crippen LogP contribution in [0.3, 0.4) is 0 Å². The van der Waals surface area contributed by atoms with E-state index < -0.39 is 0 Å². The molecule has 2 rings (SSSR count). The molecule has 1 aromatic carbocycles. The van der Waals surface area contributed by atoms with Gasteiger partial charge in [-0.1, -0.05) is 29.3 Å². The number of rotatable bonds is 6. The first-order valence-corrected chi connectivity index (χ1v) is 7.46. The molecule has 19 heavy (non-hydrogen) atoms. The van der Waals surface area contributed by atoms with Crippen LogP contribution in [-0.2, 0) is 6.54 Å². The van der Waals surface area contributed by atoms with E-state index in [0.717, 1.165) is 37.9 Å². The summed E-state index contributed by atoms with van der Waals surface area (Å²) in [4.78, 5) is 2.35. The van der Waals surface area contributed by atoms with Crippen LogP contribution in [0.15, 0.2) is 12.1 Å². The number of benzene rings is 1. The van der Waals surface area contributed by atoms with Gasteiger partial charge in [-0.15, -0.1) is 0 Å². The third kappa shape index (κ3) is 3.23. The molecule has 1 atom stereocenters. The third-order valence-corrected chi connectivity index (χ3v) is 4.56. The molecule has 106 valence electrons. The smallest absolute Gasteiger partial charge is 0.0640 e. The molecular formula is C14H20Cl2N2O. The van der Waals surface area contributed by atoms with Crippen molar-refractivity contribution in [1.82, 2.24) is 4.90 Å². The van der Waals surface area contributed by atoms with Gasteiger partial charge in [0, 0.05) is 25.7 Å². The number of unbranched alkanes of at least 4 members (excludes halogenated alkanes) is 2. The SMILES string of the molecule is NCC1c2ccc(Cl)c(Cl)c2CN1CCCCCO. The summed E-state index contributed by atoms with van der Waals surface area (Å²) in [5, 5.41) is 10.1. The Morgan fingerprint density at radius 1 is 1.26 bits per heavy atom. The van der Waals surface area contributed by atoms with Gasteiger partial charge in [0.1, 0.15) is 0 Å². The Bertz CT molecular complexity index is 440. The van der Waals surface area contributed by atoms with Gasteiger partial charge >= 0.3 is 0 Å². The molecule has 3 N–H and O–H groups in total. The second-order valence-electron chi connectivity index (χ2n) is 4.94. The van der Waals surface area contributed by atoms with Gasteiger partial charge in [0.2, 0.25) is 0 Å². The van der Waals surface area contributed by atoms with E-state index in [1.807, 2.05) is 12.1 Å². The first kappa shape index (κ1) is 15.1. The summed E-state index contributed by atoms with van der Waals surface area (Å²) in [7, 11) is 0. The average Bonchev–Trinajstić information content (AvgIpc) is 2.77. The van der Waals surface area contributed by atoms with Gasteiger partial charge in [-0.25, -0.2) is 0 Å². The third-order valence-electron chi connectivity index (χ3n) is 3.72. The summed E-state index contributed by atoms with van der Waals surface area (Å²) >= 11 is 12.3. The van der Waals surface area contributed by atoms with Crippen LogP contribution in [0.2, 0.25) is 10.0 Å². The second-order valence-corrected chi connectivity index (χ2v) is 5.72. The van der Waals surface area contributed by atoms with Crippen molar-refractivity contribution in [3.63, 3.8) is 0 Å². The Kier molecular flexibility index (Phi) is 5.48. The predicted octanol–water partition coefficient (Wildman–Crippen LogP) is 2.97. The first-order valence-electron chi connectivity index (χ1n) is 6.70. The van der Waals surface area contributed by atoms with Crippen molar-refractivity contribution in [3.8, 4) is 0 Å². The van der Waals surface area contributed by atoms with Gasteiger partial charge in [0.25, 0.3) is 0 Å². The fourth-order valence-electron chi connectivity index (χ4n) is 2.70. The molecule has 0 aliphatic carbocycles. The van der Waals surface area contributed by atoms with Crippen molar-refractivity contribution in [3.05, 3.63) is 33.3 Å². The van der Waals surface area contributed by atoms with Crippen LogP contribution < -0.4 is 5.73 Å². The average molecular weight is 303 g/mol. The Morgan fingerprint density at radius 3 is 2.74 bits per heavy atom. The van der Waals surface area contributed by atoms with Crippen molar-refractivity contribution < 1.29 is 5.11 Å². The summed E-state index contributed by atoms with van der Waals surface area (Å²) in [5.74, 6) is 0. The van der Waals surface area contributed by atoms with Crippen LogP contribution in [0.4, 0.5) is 0 Å². The fraction of sp³-hybridized carbons (Fsp3) is 0.571. The molecule has 0 fully saturated rings. The second kappa shape index (κ2) is 6.91. The molecule has 1 aromatic rings. The van der Waals surface area contributed by atoms with Gasteiger partial charge in [-0.3, -0.25) is 4.90 Å². The van der Waals surface area contributed by atoms with E-state index in [4.69, 9.17) is 34.0 Å². The Hall–Kier alpha value is -0.320. The fourth-order valence-corrected chi connectivity index (χ4v) is 3.11. The van der Waals surface area contributed by atoms with Crippen LogP contribution in [0.25, 0.3) is 0 Å². The van der Waals surface area contributed by atoms with Crippen molar-refractivity contribution in [1.29, 1.82) is 0 Å². The minimum absolute atomic E-state index is 0.235. The molecule has 0 saturated heterocycles. The summed E-state index contributed by atoms with van der Waals surface area (Å²) in [6.45, 7) is 2.65. The molecule has 0 saturated carbocycles. The minimum Gasteiger partial charge on any atom is -0.396 e. The number of halogens is 2. The van der Waals surface area contributed by atoms with Crippen LogP contribution in [0.1, 0.15) is 36.4 Å². The number of nitrogens with two attached hydrogens (primary N) is 1. The van der Waals surface area contributed by atoms with Crippen molar-refractivity contribution in [2.45, 2.75) is 31.8 Å². The summed E-state index contributed by atoms with van der Waals surface area (Å²) < 4.78 is 0. The maximum atomic E-state index is 8.80. The van der Waals surface area contributed by atoms with Crippen LogP contribution in [0.5, 0.6) is 0 Å². The molecule has 0 spiro atoms. The highest BCUT2D eigenvalue weighted by atomic mass is 35.5.